The average Bonchev–Trinajstić information content (AvgIpc) is 3.28. The summed E-state index contributed by atoms with van der Waals surface area (Å²) in [6.07, 6.45) is 6.37. The van der Waals surface area contributed by atoms with Gasteiger partial charge >= 0.3 is 0 Å². The molecule has 0 fully saturated rings. The van der Waals surface area contributed by atoms with E-state index in [9.17, 15) is 0 Å². The highest BCUT2D eigenvalue weighted by atomic mass is 15.1. The first-order valence-electron chi connectivity index (χ1n) is 15.3. The molecule has 0 radical (unpaired) electrons. The summed E-state index contributed by atoms with van der Waals surface area (Å²) >= 11 is 0. The van der Waals surface area contributed by atoms with E-state index < -0.39 is 0 Å². The van der Waals surface area contributed by atoms with Crippen molar-refractivity contribution < 1.29 is 0 Å². The maximum absolute atomic E-state index is 4.16. The van der Waals surface area contributed by atoms with E-state index in [0.29, 0.717) is 0 Å². The molecule has 0 saturated heterocycles. The zero-order chi connectivity index (χ0) is 30.4. The second-order valence-corrected chi connectivity index (χ2v) is 11.0. The van der Waals surface area contributed by atoms with Gasteiger partial charge < -0.3 is 4.90 Å². The summed E-state index contributed by atoms with van der Waals surface area (Å²) in [4.78, 5) is 2.36. The van der Waals surface area contributed by atoms with E-state index in [1.165, 1.54) is 44.5 Å². The van der Waals surface area contributed by atoms with E-state index in [4.69, 9.17) is 0 Å². The minimum absolute atomic E-state index is 0.124. The summed E-state index contributed by atoms with van der Waals surface area (Å²) in [7, 11) is 0. The van der Waals surface area contributed by atoms with Crippen LogP contribution in [0.15, 0.2) is 158 Å². The lowest BCUT2D eigenvalue weighted by atomic mass is 9.80. The van der Waals surface area contributed by atoms with Gasteiger partial charge in [0.05, 0.1) is 0 Å². The second-order valence-electron chi connectivity index (χ2n) is 11.0. The third-order valence-electron chi connectivity index (χ3n) is 8.19. The Bertz CT molecular complexity index is 1650. The van der Waals surface area contributed by atoms with Crippen molar-refractivity contribution in [2.24, 2.45) is 0 Å². The van der Waals surface area contributed by atoms with Gasteiger partial charge in [-0.3, -0.25) is 0 Å². The van der Waals surface area contributed by atoms with E-state index >= 15 is 0 Å². The number of hydrogen-bond donors (Lipinski definition) is 0. The highest BCUT2D eigenvalue weighted by Gasteiger charge is 2.36. The molecule has 1 heteroatoms. The minimum atomic E-state index is -0.124. The standard InChI is InChI=1S/C40H35N.C2H6/c1-5-13-38-36(6-2)37-27-26-35(28-39(37)40(38,3)4)41(33-22-18-31(19-23-33)29-14-9-7-10-15-29)34-24-20-32(21-25-34)30-16-11-8-12-17-30;1-2/h5-28H,2H2,1,3-4H3;1-2H3/b13-5-;. The van der Waals surface area contributed by atoms with Gasteiger partial charge in [0.15, 0.2) is 0 Å². The van der Waals surface area contributed by atoms with E-state index in [2.05, 4.69) is 172 Å². The number of rotatable bonds is 7. The van der Waals surface area contributed by atoms with Crippen LogP contribution in [0.25, 0.3) is 27.8 Å². The summed E-state index contributed by atoms with van der Waals surface area (Å²) in [6, 6.07) is 45.7. The monoisotopic (exact) mass is 559 g/mol. The molecule has 5 aromatic carbocycles. The number of nitrogens with zero attached hydrogens (tertiary/aromatic N) is 1. The molecule has 5 aromatic rings. The van der Waals surface area contributed by atoms with Crippen molar-refractivity contribution in [1.82, 2.24) is 0 Å². The van der Waals surface area contributed by atoms with Crippen LogP contribution in [-0.4, -0.2) is 0 Å². The van der Waals surface area contributed by atoms with Crippen molar-refractivity contribution in [3.63, 3.8) is 0 Å². The molecule has 0 spiro atoms. The molecule has 0 bridgehead atoms. The summed E-state index contributed by atoms with van der Waals surface area (Å²) in [5, 5.41) is 0. The summed E-state index contributed by atoms with van der Waals surface area (Å²) in [5.74, 6) is 0. The van der Waals surface area contributed by atoms with Gasteiger partial charge in [0.2, 0.25) is 0 Å². The van der Waals surface area contributed by atoms with Gasteiger partial charge in [0, 0.05) is 22.5 Å². The summed E-state index contributed by atoms with van der Waals surface area (Å²) in [6.45, 7) is 14.9. The largest absolute Gasteiger partial charge is 0.310 e. The number of benzene rings is 5. The van der Waals surface area contributed by atoms with Gasteiger partial charge in [-0.15, -0.1) is 0 Å². The van der Waals surface area contributed by atoms with Crippen molar-refractivity contribution in [3.05, 3.63) is 169 Å². The highest BCUT2D eigenvalue weighted by molar-refractivity contribution is 5.90. The molecule has 1 nitrogen and oxygen atoms in total. The fourth-order valence-electron chi connectivity index (χ4n) is 6.05. The molecule has 0 N–H and O–H groups in total. The second kappa shape index (κ2) is 13.0. The van der Waals surface area contributed by atoms with Crippen molar-refractivity contribution in [2.75, 3.05) is 4.90 Å². The average molecular weight is 560 g/mol. The van der Waals surface area contributed by atoms with Crippen LogP contribution in [0.1, 0.15) is 45.7 Å². The molecule has 0 aliphatic heterocycles. The first-order valence-corrected chi connectivity index (χ1v) is 15.3. The Labute approximate surface area is 258 Å². The Kier molecular flexibility index (Phi) is 8.93. The molecule has 1 aliphatic rings. The number of fused-ring (bicyclic) bond motifs is 1. The Morgan fingerprint density at radius 2 is 1.02 bits per heavy atom. The predicted octanol–water partition coefficient (Wildman–Crippen LogP) is 12.3. The quantitative estimate of drug-likeness (QED) is 0.192. The molecule has 1 aliphatic carbocycles. The van der Waals surface area contributed by atoms with Crippen LogP contribution < -0.4 is 4.90 Å². The van der Waals surface area contributed by atoms with Crippen LogP contribution in [0, 0.1) is 0 Å². The predicted molar refractivity (Wildman–Crippen MR) is 188 cm³/mol. The normalized spacial score (nSPS) is 13.3. The zero-order valence-corrected chi connectivity index (χ0v) is 26.0. The lowest BCUT2D eigenvalue weighted by Crippen LogP contribution is -2.17. The van der Waals surface area contributed by atoms with Gasteiger partial charge in [0.1, 0.15) is 0 Å². The van der Waals surface area contributed by atoms with Crippen LogP contribution in [-0.2, 0) is 5.41 Å². The van der Waals surface area contributed by atoms with Crippen LogP contribution in [0.5, 0.6) is 0 Å². The van der Waals surface area contributed by atoms with Gasteiger partial charge in [-0.05, 0) is 87.8 Å². The SMILES string of the molecule is C=CC1=C(/C=C\C)C(C)(C)c2cc(N(c3ccc(-c4ccccc4)cc3)c3ccc(-c4ccccc4)cc3)ccc21.CC. The summed E-state index contributed by atoms with van der Waals surface area (Å²) in [5.41, 5.74) is 13.2. The van der Waals surface area contributed by atoms with Crippen molar-refractivity contribution in [3.8, 4) is 22.3 Å². The molecular weight excluding hydrogens is 518 g/mol. The lowest BCUT2D eigenvalue weighted by Gasteiger charge is -2.29. The minimum Gasteiger partial charge on any atom is -0.310 e. The van der Waals surface area contributed by atoms with E-state index in [0.717, 1.165) is 17.1 Å². The molecule has 0 atom stereocenters. The van der Waals surface area contributed by atoms with E-state index in [1.807, 2.05) is 19.9 Å². The first kappa shape index (κ1) is 29.6. The third-order valence-corrected chi connectivity index (χ3v) is 8.19. The molecule has 0 unspecified atom stereocenters. The van der Waals surface area contributed by atoms with Gasteiger partial charge in [-0.25, -0.2) is 0 Å². The van der Waals surface area contributed by atoms with Crippen LogP contribution in [0.3, 0.4) is 0 Å². The Morgan fingerprint density at radius 3 is 1.47 bits per heavy atom. The molecule has 214 valence electrons. The lowest BCUT2D eigenvalue weighted by molar-refractivity contribution is 0.654. The molecule has 0 amide bonds. The molecule has 0 heterocycles. The number of allylic oxidation sites excluding steroid dienone is 5. The fraction of sp³-hybridized carbons (Fsp3) is 0.143. The maximum Gasteiger partial charge on any atom is 0.0465 e. The van der Waals surface area contributed by atoms with Gasteiger partial charge in [-0.1, -0.05) is 143 Å². The molecule has 0 saturated carbocycles. The van der Waals surface area contributed by atoms with Gasteiger partial charge in [-0.2, -0.15) is 0 Å². The topological polar surface area (TPSA) is 3.24 Å². The van der Waals surface area contributed by atoms with Crippen molar-refractivity contribution in [1.29, 1.82) is 0 Å². The number of hydrogen-bond acceptors (Lipinski definition) is 1. The smallest absolute Gasteiger partial charge is 0.0465 e. The highest BCUT2D eigenvalue weighted by Crippen LogP contribution is 2.49. The number of anilines is 3. The maximum atomic E-state index is 4.16. The van der Waals surface area contributed by atoms with Gasteiger partial charge in [0.25, 0.3) is 0 Å². The fourth-order valence-corrected chi connectivity index (χ4v) is 6.05. The van der Waals surface area contributed by atoms with Crippen molar-refractivity contribution >= 4 is 22.6 Å². The Hall–Kier alpha value is -4.88. The summed E-state index contributed by atoms with van der Waals surface area (Å²) < 4.78 is 0. The van der Waals surface area contributed by atoms with E-state index in [-0.39, 0.29) is 5.41 Å². The Morgan fingerprint density at radius 1 is 0.581 bits per heavy atom. The molecule has 0 aromatic heterocycles. The molecule has 6 rings (SSSR count). The third kappa shape index (κ3) is 5.76. The van der Waals surface area contributed by atoms with Crippen LogP contribution >= 0.6 is 0 Å². The van der Waals surface area contributed by atoms with Crippen LogP contribution in [0.2, 0.25) is 0 Å². The van der Waals surface area contributed by atoms with E-state index in [1.54, 1.807) is 0 Å². The van der Waals surface area contributed by atoms with Crippen molar-refractivity contribution in [2.45, 2.75) is 40.0 Å². The molecular formula is C42H41N. The molecule has 43 heavy (non-hydrogen) atoms. The van der Waals surface area contributed by atoms with Crippen LogP contribution in [0.4, 0.5) is 17.1 Å². The first-order chi connectivity index (χ1) is 21.0. The Balaban J connectivity index is 0.00000180. The zero-order valence-electron chi connectivity index (χ0n) is 26.0.